The van der Waals surface area contributed by atoms with Gasteiger partial charge < -0.3 is 26.4 Å². The molecule has 0 fully saturated rings. The standard InChI is InChI=1S/C5H6N2O2.C4H4FN3O.C4H5N3O/c1-3-2-6-5(9)7-4(3)8;5-2-1-7-4(9)8-3(2)6;5-3-1-2-6-4(8)7-3/h2H,1H3,(H2,6,7,8,9);1H,(H3,6,7,8,9);1-2H,(H3,5,6,7,8). The summed E-state index contributed by atoms with van der Waals surface area (Å²) in [5.41, 5.74) is 8.69. The van der Waals surface area contributed by atoms with Gasteiger partial charge in [-0.1, -0.05) is 0 Å². The zero-order valence-corrected chi connectivity index (χ0v) is 13.4. The summed E-state index contributed by atoms with van der Waals surface area (Å²) in [5.74, 6) is -0.845. The van der Waals surface area contributed by atoms with Gasteiger partial charge in [0.2, 0.25) is 0 Å². The van der Waals surface area contributed by atoms with Crippen LogP contribution in [0.25, 0.3) is 0 Å². The van der Waals surface area contributed by atoms with Gasteiger partial charge in [-0.15, -0.1) is 0 Å². The Bertz CT molecular complexity index is 1080. The van der Waals surface area contributed by atoms with Crippen LogP contribution in [0.2, 0.25) is 0 Å². The molecule has 0 radical (unpaired) electrons. The first-order valence-corrected chi connectivity index (χ1v) is 6.79. The van der Waals surface area contributed by atoms with Crippen molar-refractivity contribution in [3.05, 3.63) is 77.8 Å². The molecule has 0 aliphatic carbocycles. The van der Waals surface area contributed by atoms with Gasteiger partial charge in [0.1, 0.15) is 5.82 Å². The summed E-state index contributed by atoms with van der Waals surface area (Å²) >= 11 is 0. The molecule has 0 spiro atoms. The van der Waals surface area contributed by atoms with Crippen molar-refractivity contribution in [3.8, 4) is 0 Å². The lowest BCUT2D eigenvalue weighted by atomic mass is 10.4. The maximum Gasteiger partial charge on any atom is 0.347 e. The molecule has 0 aliphatic heterocycles. The van der Waals surface area contributed by atoms with Crippen LogP contribution in [0.3, 0.4) is 0 Å². The minimum absolute atomic E-state index is 0.244. The van der Waals surface area contributed by atoms with E-state index in [4.69, 9.17) is 11.5 Å². The predicted octanol–water partition coefficient (Wildman–Crippen LogP) is -1.79. The molecular formula is C13H15FN8O4. The molecule has 3 aromatic heterocycles. The van der Waals surface area contributed by atoms with Crippen molar-refractivity contribution in [2.75, 3.05) is 11.5 Å². The average molecular weight is 366 g/mol. The van der Waals surface area contributed by atoms with E-state index in [-0.39, 0.29) is 17.2 Å². The molecule has 0 bridgehead atoms. The summed E-state index contributed by atoms with van der Waals surface area (Å²) in [6.45, 7) is 1.62. The topological polar surface area (TPSA) is 209 Å². The van der Waals surface area contributed by atoms with Crippen LogP contribution in [0, 0.1) is 12.7 Å². The van der Waals surface area contributed by atoms with Crippen molar-refractivity contribution in [2.45, 2.75) is 6.92 Å². The van der Waals surface area contributed by atoms with Crippen molar-refractivity contribution in [2.24, 2.45) is 0 Å². The van der Waals surface area contributed by atoms with Gasteiger partial charge in [0.15, 0.2) is 11.6 Å². The van der Waals surface area contributed by atoms with Gasteiger partial charge in [-0.05, 0) is 13.0 Å². The van der Waals surface area contributed by atoms with E-state index in [9.17, 15) is 23.6 Å². The van der Waals surface area contributed by atoms with Gasteiger partial charge in [-0.3, -0.25) is 9.78 Å². The lowest BCUT2D eigenvalue weighted by Gasteiger charge is -1.88. The van der Waals surface area contributed by atoms with Crippen molar-refractivity contribution in [3.63, 3.8) is 0 Å². The molecule has 26 heavy (non-hydrogen) atoms. The fraction of sp³-hybridized carbons (Fsp3) is 0.0769. The van der Waals surface area contributed by atoms with Crippen molar-refractivity contribution in [1.29, 1.82) is 0 Å². The fourth-order valence-corrected chi connectivity index (χ4v) is 1.26. The quantitative estimate of drug-likeness (QED) is 0.267. The number of aromatic nitrogens is 6. The van der Waals surface area contributed by atoms with Gasteiger partial charge >= 0.3 is 17.1 Å². The Morgan fingerprint density at radius 2 is 1.62 bits per heavy atom. The molecule has 0 atom stereocenters. The normalized spacial score (nSPS) is 9.31. The zero-order valence-electron chi connectivity index (χ0n) is 13.4. The minimum atomic E-state index is -0.713. The number of nitrogens with one attached hydrogen (secondary N) is 4. The fourth-order valence-electron chi connectivity index (χ4n) is 1.26. The highest BCUT2D eigenvalue weighted by molar-refractivity contribution is 5.25. The first-order chi connectivity index (χ1) is 12.2. The second kappa shape index (κ2) is 9.31. The Labute approximate surface area is 143 Å². The number of nitrogens with two attached hydrogens (primary N) is 2. The van der Waals surface area contributed by atoms with Crippen LogP contribution in [0.4, 0.5) is 16.0 Å². The maximum absolute atomic E-state index is 12.1. The molecule has 3 rings (SSSR count). The molecule has 3 heterocycles. The Balaban J connectivity index is 0.000000195. The van der Waals surface area contributed by atoms with Crippen LogP contribution < -0.4 is 34.1 Å². The summed E-state index contributed by atoms with van der Waals surface area (Å²) in [6.07, 6.45) is 3.69. The third-order valence-corrected chi connectivity index (χ3v) is 2.49. The summed E-state index contributed by atoms with van der Waals surface area (Å²) in [5, 5.41) is 0. The second-order valence-corrected chi connectivity index (χ2v) is 4.51. The lowest BCUT2D eigenvalue weighted by molar-refractivity contribution is 0.617. The summed E-state index contributed by atoms with van der Waals surface area (Å²) in [4.78, 5) is 56.5. The molecular weight excluding hydrogens is 351 g/mol. The van der Waals surface area contributed by atoms with E-state index < -0.39 is 22.9 Å². The first kappa shape index (κ1) is 20.0. The van der Waals surface area contributed by atoms with Crippen LogP contribution in [0.5, 0.6) is 0 Å². The minimum Gasteiger partial charge on any atom is -0.383 e. The Kier molecular flexibility index (Phi) is 7.17. The maximum atomic E-state index is 12.1. The Hall–Kier alpha value is -4.03. The molecule has 0 aliphatic rings. The van der Waals surface area contributed by atoms with E-state index in [0.29, 0.717) is 5.56 Å². The number of H-pyrrole nitrogens is 4. The van der Waals surface area contributed by atoms with Gasteiger partial charge in [0.25, 0.3) is 5.56 Å². The molecule has 138 valence electrons. The molecule has 0 aromatic carbocycles. The highest BCUT2D eigenvalue weighted by Gasteiger charge is 1.96. The number of rotatable bonds is 0. The van der Waals surface area contributed by atoms with Crippen LogP contribution in [-0.4, -0.2) is 29.9 Å². The van der Waals surface area contributed by atoms with Gasteiger partial charge in [-0.2, -0.15) is 9.97 Å². The summed E-state index contributed by atoms with van der Waals surface area (Å²) in [7, 11) is 0. The van der Waals surface area contributed by atoms with Crippen molar-refractivity contribution in [1.82, 2.24) is 29.9 Å². The Morgan fingerprint density at radius 3 is 2.04 bits per heavy atom. The van der Waals surface area contributed by atoms with Crippen LogP contribution in [0.1, 0.15) is 5.56 Å². The monoisotopic (exact) mass is 366 g/mol. The van der Waals surface area contributed by atoms with Crippen LogP contribution in [0.15, 0.2) is 43.8 Å². The number of nitrogen functional groups attached to an aromatic ring is 2. The van der Waals surface area contributed by atoms with E-state index in [1.807, 2.05) is 4.98 Å². The molecule has 13 heteroatoms. The van der Waals surface area contributed by atoms with E-state index >= 15 is 0 Å². The molecule has 12 nitrogen and oxygen atoms in total. The third-order valence-electron chi connectivity index (χ3n) is 2.49. The molecule has 8 N–H and O–H groups in total. The van der Waals surface area contributed by atoms with E-state index in [0.717, 1.165) is 6.20 Å². The van der Waals surface area contributed by atoms with E-state index in [2.05, 4.69) is 24.9 Å². The predicted molar refractivity (Wildman–Crippen MR) is 90.9 cm³/mol. The van der Waals surface area contributed by atoms with Crippen molar-refractivity contribution >= 4 is 11.6 Å². The first-order valence-electron chi connectivity index (χ1n) is 6.79. The van der Waals surface area contributed by atoms with E-state index in [1.165, 1.54) is 18.5 Å². The third kappa shape index (κ3) is 7.03. The molecule has 0 saturated heterocycles. The van der Waals surface area contributed by atoms with Gasteiger partial charge in [0, 0.05) is 24.2 Å². The number of anilines is 2. The number of hydrogen-bond acceptors (Lipinski definition) is 8. The second-order valence-electron chi connectivity index (χ2n) is 4.51. The smallest absolute Gasteiger partial charge is 0.347 e. The SMILES string of the molecule is Cc1c[nH]c(=O)[nH]c1=O.Nc1cc[nH]c(=O)n1.Nc1nc(=O)[nH]cc1F. The van der Waals surface area contributed by atoms with Crippen LogP contribution in [-0.2, 0) is 0 Å². The number of hydrogen-bond donors (Lipinski definition) is 6. The van der Waals surface area contributed by atoms with Gasteiger partial charge in [-0.25, -0.2) is 18.8 Å². The highest BCUT2D eigenvalue weighted by atomic mass is 19.1. The molecule has 3 aromatic rings. The van der Waals surface area contributed by atoms with Crippen LogP contribution >= 0.6 is 0 Å². The van der Waals surface area contributed by atoms with E-state index in [1.54, 1.807) is 6.92 Å². The van der Waals surface area contributed by atoms with Gasteiger partial charge in [0.05, 0.1) is 0 Å². The van der Waals surface area contributed by atoms with Crippen molar-refractivity contribution < 1.29 is 4.39 Å². The number of halogens is 1. The Morgan fingerprint density at radius 1 is 0.962 bits per heavy atom. The summed E-state index contributed by atoms with van der Waals surface area (Å²) in [6, 6.07) is 1.52. The molecule has 0 amide bonds. The number of aryl methyl sites for hydroxylation is 1. The lowest BCUT2D eigenvalue weighted by Crippen LogP contribution is -2.22. The summed E-state index contributed by atoms with van der Waals surface area (Å²) < 4.78 is 12.1. The largest absolute Gasteiger partial charge is 0.383 e. The molecule has 0 saturated carbocycles. The highest BCUT2D eigenvalue weighted by Crippen LogP contribution is 1.96. The number of nitrogens with zero attached hydrogens (tertiary/aromatic N) is 2. The molecule has 0 unspecified atom stereocenters. The number of aromatic amines is 4. The average Bonchev–Trinajstić information content (AvgIpc) is 2.56. The zero-order chi connectivity index (χ0) is 19.7.